The molecule has 0 spiro atoms. The summed E-state index contributed by atoms with van der Waals surface area (Å²) >= 11 is 0. The number of benzene rings is 3. The van der Waals surface area contributed by atoms with E-state index < -0.39 is 28.5 Å². The molecule has 3 rings (SSSR count). The normalized spacial score (nSPS) is 11.9. The van der Waals surface area contributed by atoms with E-state index in [-0.39, 0.29) is 17.3 Å². The van der Waals surface area contributed by atoms with Crippen molar-refractivity contribution in [1.29, 1.82) is 0 Å². The van der Waals surface area contributed by atoms with Crippen LogP contribution in [-0.4, -0.2) is 50.8 Å². The van der Waals surface area contributed by atoms with Gasteiger partial charge in [-0.15, -0.1) is 0 Å². The maximum Gasteiger partial charge on any atom is 0.264 e. The molecule has 0 aromatic heterocycles. The van der Waals surface area contributed by atoms with Gasteiger partial charge in [0.15, 0.2) is 0 Å². The van der Waals surface area contributed by atoms with Crippen LogP contribution >= 0.6 is 0 Å². The number of sulfonamides is 1. The van der Waals surface area contributed by atoms with Gasteiger partial charge in [-0.1, -0.05) is 73.7 Å². The number of anilines is 1. The average Bonchev–Trinajstić information content (AvgIpc) is 2.91. The van der Waals surface area contributed by atoms with Gasteiger partial charge in [0.1, 0.15) is 12.6 Å². The molecule has 3 aromatic carbocycles. The summed E-state index contributed by atoms with van der Waals surface area (Å²) in [5, 5.41) is 2.84. The zero-order valence-electron chi connectivity index (χ0n) is 20.7. The Morgan fingerprint density at radius 3 is 2.00 bits per heavy atom. The Hall–Kier alpha value is -3.65. The van der Waals surface area contributed by atoms with E-state index in [1.165, 1.54) is 17.0 Å². The first kappa shape index (κ1) is 26.9. The van der Waals surface area contributed by atoms with Gasteiger partial charge in [0.25, 0.3) is 10.0 Å². The molecular formula is C28H33N3O4S. The van der Waals surface area contributed by atoms with Crippen LogP contribution in [0.3, 0.4) is 0 Å². The third-order valence-electron chi connectivity index (χ3n) is 5.85. The van der Waals surface area contributed by atoms with Gasteiger partial charge in [0.05, 0.1) is 10.6 Å². The molecule has 2 amide bonds. The van der Waals surface area contributed by atoms with Gasteiger partial charge in [-0.3, -0.25) is 13.9 Å². The van der Waals surface area contributed by atoms with Crippen molar-refractivity contribution in [2.75, 3.05) is 23.9 Å². The number of hydrogen-bond donors (Lipinski definition) is 1. The van der Waals surface area contributed by atoms with Crippen molar-refractivity contribution in [3.63, 3.8) is 0 Å². The summed E-state index contributed by atoms with van der Waals surface area (Å²) in [7, 11) is -4.02. The molecule has 0 bridgehead atoms. The molecule has 0 aliphatic carbocycles. The maximum absolute atomic E-state index is 13.7. The Labute approximate surface area is 213 Å². The lowest BCUT2D eigenvalue weighted by Gasteiger charge is -2.32. The van der Waals surface area contributed by atoms with Crippen LogP contribution in [0.1, 0.15) is 25.8 Å². The van der Waals surface area contributed by atoms with Crippen LogP contribution in [-0.2, 0) is 26.0 Å². The van der Waals surface area contributed by atoms with Crippen molar-refractivity contribution < 1.29 is 18.0 Å². The summed E-state index contributed by atoms with van der Waals surface area (Å²) < 4.78 is 28.3. The molecule has 0 saturated carbocycles. The van der Waals surface area contributed by atoms with Crippen LogP contribution in [0.15, 0.2) is 95.9 Å². The summed E-state index contributed by atoms with van der Waals surface area (Å²) in [6.45, 7) is 3.98. The van der Waals surface area contributed by atoms with Crippen LogP contribution in [0.4, 0.5) is 5.69 Å². The molecule has 3 aromatic rings. The number of amides is 2. The highest BCUT2D eigenvalue weighted by Gasteiger charge is 2.32. The monoisotopic (exact) mass is 507 g/mol. The number of nitrogens with one attached hydrogen (secondary N) is 1. The highest BCUT2D eigenvalue weighted by Crippen LogP contribution is 2.24. The van der Waals surface area contributed by atoms with E-state index >= 15 is 0 Å². The zero-order valence-corrected chi connectivity index (χ0v) is 21.5. The lowest BCUT2D eigenvalue weighted by Crippen LogP contribution is -2.52. The van der Waals surface area contributed by atoms with Gasteiger partial charge in [0.2, 0.25) is 11.8 Å². The van der Waals surface area contributed by atoms with Crippen molar-refractivity contribution in [2.45, 2.75) is 37.6 Å². The highest BCUT2D eigenvalue weighted by atomic mass is 32.2. The van der Waals surface area contributed by atoms with Gasteiger partial charge < -0.3 is 10.2 Å². The fourth-order valence-corrected chi connectivity index (χ4v) is 5.24. The van der Waals surface area contributed by atoms with E-state index in [2.05, 4.69) is 5.32 Å². The number of hydrogen-bond acceptors (Lipinski definition) is 4. The van der Waals surface area contributed by atoms with E-state index in [1.54, 1.807) is 55.5 Å². The van der Waals surface area contributed by atoms with Crippen LogP contribution in [0.2, 0.25) is 0 Å². The molecule has 1 N–H and O–H groups in total. The summed E-state index contributed by atoms with van der Waals surface area (Å²) in [5.74, 6) is -0.719. The topological polar surface area (TPSA) is 86.8 Å². The van der Waals surface area contributed by atoms with Crippen molar-refractivity contribution in [2.24, 2.45) is 0 Å². The minimum atomic E-state index is -4.02. The van der Waals surface area contributed by atoms with Crippen LogP contribution < -0.4 is 9.62 Å². The van der Waals surface area contributed by atoms with Crippen LogP contribution in [0, 0.1) is 0 Å². The van der Waals surface area contributed by atoms with Gasteiger partial charge in [0, 0.05) is 13.1 Å². The van der Waals surface area contributed by atoms with Gasteiger partial charge in [-0.2, -0.15) is 0 Å². The number of nitrogens with zero attached hydrogens (tertiary/aromatic N) is 2. The first-order chi connectivity index (χ1) is 17.3. The van der Waals surface area contributed by atoms with Gasteiger partial charge in [-0.25, -0.2) is 8.42 Å². The molecule has 0 heterocycles. The largest absolute Gasteiger partial charge is 0.354 e. The second-order valence-electron chi connectivity index (χ2n) is 8.45. The molecule has 0 aliphatic heterocycles. The molecule has 0 saturated heterocycles. The molecular weight excluding hydrogens is 474 g/mol. The SMILES string of the molecule is CCCNC(=O)[C@H](C)N(CCc1ccccc1)C(=O)CN(c1ccccc1)S(=O)(=O)c1ccccc1. The third-order valence-corrected chi connectivity index (χ3v) is 7.64. The molecule has 0 radical (unpaired) electrons. The number of carbonyl (C=O) groups excluding carboxylic acids is 2. The van der Waals surface area contributed by atoms with Crippen molar-refractivity contribution >= 4 is 27.5 Å². The Morgan fingerprint density at radius 2 is 1.42 bits per heavy atom. The third kappa shape index (κ3) is 6.95. The molecule has 1 atom stereocenters. The molecule has 190 valence electrons. The van der Waals surface area contributed by atoms with Crippen molar-refractivity contribution in [3.8, 4) is 0 Å². The Morgan fingerprint density at radius 1 is 0.861 bits per heavy atom. The molecule has 0 unspecified atom stereocenters. The van der Waals surface area contributed by atoms with Gasteiger partial charge >= 0.3 is 0 Å². The summed E-state index contributed by atoms with van der Waals surface area (Å²) in [4.78, 5) is 28.0. The predicted molar refractivity (Wildman–Crippen MR) is 142 cm³/mol. The van der Waals surface area contributed by atoms with Crippen molar-refractivity contribution in [1.82, 2.24) is 10.2 Å². The second kappa shape index (κ2) is 12.9. The summed E-state index contributed by atoms with van der Waals surface area (Å²) in [6.07, 6.45) is 1.31. The van der Waals surface area contributed by atoms with E-state index in [9.17, 15) is 18.0 Å². The summed E-state index contributed by atoms with van der Waals surface area (Å²) in [5.41, 5.74) is 1.40. The van der Waals surface area contributed by atoms with E-state index in [1.807, 2.05) is 37.3 Å². The molecule has 0 aliphatic rings. The number of para-hydroxylation sites is 1. The highest BCUT2D eigenvalue weighted by molar-refractivity contribution is 7.92. The summed E-state index contributed by atoms with van der Waals surface area (Å²) in [6, 6.07) is 25.5. The Bertz CT molecular complexity index is 1220. The van der Waals surface area contributed by atoms with E-state index in [0.717, 1.165) is 16.3 Å². The fourth-order valence-electron chi connectivity index (χ4n) is 3.81. The number of rotatable bonds is 12. The Kier molecular flexibility index (Phi) is 9.64. The Balaban J connectivity index is 1.92. The average molecular weight is 508 g/mol. The van der Waals surface area contributed by atoms with E-state index in [0.29, 0.717) is 18.7 Å². The zero-order chi connectivity index (χ0) is 26.0. The standard InChI is InChI=1S/C28H33N3O4S/c1-3-20-29-28(33)23(2)30(21-19-24-13-7-4-8-14-24)27(32)22-31(25-15-9-5-10-16-25)36(34,35)26-17-11-6-12-18-26/h4-18,23H,3,19-22H2,1-2H3,(H,29,33)/t23-/m0/s1. The lowest BCUT2D eigenvalue weighted by atomic mass is 10.1. The molecule has 36 heavy (non-hydrogen) atoms. The maximum atomic E-state index is 13.7. The number of carbonyl (C=O) groups is 2. The first-order valence-electron chi connectivity index (χ1n) is 12.1. The quantitative estimate of drug-likeness (QED) is 0.403. The minimum Gasteiger partial charge on any atom is -0.354 e. The van der Waals surface area contributed by atoms with Crippen molar-refractivity contribution in [3.05, 3.63) is 96.6 Å². The van der Waals surface area contributed by atoms with Crippen LogP contribution in [0.5, 0.6) is 0 Å². The predicted octanol–water partition coefficient (Wildman–Crippen LogP) is 3.87. The van der Waals surface area contributed by atoms with E-state index in [4.69, 9.17) is 0 Å². The minimum absolute atomic E-state index is 0.0891. The fraction of sp³-hybridized carbons (Fsp3) is 0.286. The second-order valence-corrected chi connectivity index (χ2v) is 10.3. The molecule has 0 fully saturated rings. The molecule has 8 heteroatoms. The first-order valence-corrected chi connectivity index (χ1v) is 13.5. The smallest absolute Gasteiger partial charge is 0.264 e. The molecule has 7 nitrogen and oxygen atoms in total. The lowest BCUT2D eigenvalue weighted by molar-refractivity contribution is -0.138. The van der Waals surface area contributed by atoms with Crippen LogP contribution in [0.25, 0.3) is 0 Å². The van der Waals surface area contributed by atoms with Gasteiger partial charge in [-0.05, 0) is 49.6 Å².